The lowest BCUT2D eigenvalue weighted by Crippen LogP contribution is -2.13. The van der Waals surface area contributed by atoms with Crippen LogP contribution in [0.25, 0.3) is 5.82 Å². The molecule has 0 N–H and O–H groups in total. The zero-order valence-electron chi connectivity index (χ0n) is 14.2. The van der Waals surface area contributed by atoms with E-state index in [-0.39, 0.29) is 12.4 Å². The third kappa shape index (κ3) is 3.90. The number of ether oxygens (including phenoxy) is 1. The molecule has 0 spiro atoms. The highest BCUT2D eigenvalue weighted by Gasteiger charge is 2.19. The Bertz CT molecular complexity index is 809. The number of hydrogen-bond acceptors (Lipinski definition) is 5. The van der Waals surface area contributed by atoms with Gasteiger partial charge >= 0.3 is 5.97 Å². The summed E-state index contributed by atoms with van der Waals surface area (Å²) in [6.07, 6.45) is 6.33. The summed E-state index contributed by atoms with van der Waals surface area (Å²) in [4.78, 5) is 23.8. The van der Waals surface area contributed by atoms with E-state index in [4.69, 9.17) is 9.26 Å². The van der Waals surface area contributed by atoms with E-state index < -0.39 is 5.97 Å². The smallest absolute Gasteiger partial charge is 0.331 e. The molecule has 0 atom stereocenters. The molecule has 0 aromatic carbocycles. The molecule has 0 amide bonds. The van der Waals surface area contributed by atoms with Gasteiger partial charge in [-0.2, -0.15) is 0 Å². The molecule has 0 aliphatic rings. The van der Waals surface area contributed by atoms with Crippen LogP contribution in [0.1, 0.15) is 34.4 Å². The minimum Gasteiger partial charge on any atom is -0.454 e. The van der Waals surface area contributed by atoms with Crippen LogP contribution >= 0.6 is 0 Å². The van der Waals surface area contributed by atoms with Gasteiger partial charge in [-0.1, -0.05) is 23.4 Å². The van der Waals surface area contributed by atoms with Gasteiger partial charge in [0.15, 0.2) is 12.4 Å². The van der Waals surface area contributed by atoms with Crippen molar-refractivity contribution in [3.63, 3.8) is 0 Å². The number of Topliss-reactive ketones (excluding diaryl/α,β-unsaturated/α-hetero) is 1. The summed E-state index contributed by atoms with van der Waals surface area (Å²) in [7, 11) is 0. The van der Waals surface area contributed by atoms with Crippen LogP contribution in [0, 0.1) is 20.8 Å². The SMILES string of the molecule is C/C=C/C=C/C(=O)OCC(=O)c1cc(C)n(-c2cc(C)on2)c1C. The van der Waals surface area contributed by atoms with Crippen LogP contribution in [0.2, 0.25) is 0 Å². The molecular weight excluding hydrogens is 308 g/mol. The Morgan fingerprint density at radius 2 is 2.00 bits per heavy atom. The molecule has 0 aliphatic carbocycles. The van der Waals surface area contributed by atoms with E-state index >= 15 is 0 Å². The second-order valence-electron chi connectivity index (χ2n) is 5.33. The van der Waals surface area contributed by atoms with Crippen LogP contribution < -0.4 is 0 Å². The lowest BCUT2D eigenvalue weighted by molar-refractivity contribution is -0.136. The van der Waals surface area contributed by atoms with Crippen molar-refractivity contribution in [2.24, 2.45) is 0 Å². The standard InChI is InChI=1S/C18H20N2O4/c1-5-6-7-8-18(22)23-11-16(21)15-9-12(2)20(14(15)4)17-10-13(3)24-19-17/h5-10H,11H2,1-4H3/b6-5+,8-7+. The van der Waals surface area contributed by atoms with Gasteiger partial charge in [0.25, 0.3) is 0 Å². The van der Waals surface area contributed by atoms with Gasteiger partial charge in [0.1, 0.15) is 5.76 Å². The number of nitrogens with zero attached hydrogens (tertiary/aromatic N) is 2. The number of allylic oxidation sites excluding steroid dienone is 3. The fraction of sp³-hybridized carbons (Fsp3) is 0.278. The predicted octanol–water partition coefficient (Wildman–Crippen LogP) is 3.25. The zero-order valence-corrected chi connectivity index (χ0v) is 14.2. The van der Waals surface area contributed by atoms with Crippen molar-refractivity contribution in [2.45, 2.75) is 27.7 Å². The van der Waals surface area contributed by atoms with Gasteiger partial charge in [-0.05, 0) is 33.8 Å². The summed E-state index contributed by atoms with van der Waals surface area (Å²) >= 11 is 0. The normalized spacial score (nSPS) is 11.5. The van der Waals surface area contributed by atoms with Crippen LogP contribution in [-0.4, -0.2) is 28.1 Å². The highest BCUT2D eigenvalue weighted by molar-refractivity contribution is 5.99. The summed E-state index contributed by atoms with van der Waals surface area (Å²) in [6, 6.07) is 3.55. The molecule has 2 rings (SSSR count). The van der Waals surface area contributed by atoms with Gasteiger partial charge in [0.2, 0.25) is 5.78 Å². The maximum Gasteiger partial charge on any atom is 0.331 e. The van der Waals surface area contributed by atoms with Crippen LogP contribution in [0.4, 0.5) is 0 Å². The van der Waals surface area contributed by atoms with Crippen LogP contribution in [0.5, 0.6) is 0 Å². The molecule has 0 saturated heterocycles. The van der Waals surface area contributed by atoms with E-state index in [2.05, 4.69) is 5.16 Å². The molecule has 0 radical (unpaired) electrons. The quantitative estimate of drug-likeness (QED) is 0.352. The molecular formula is C18H20N2O4. The van der Waals surface area contributed by atoms with Gasteiger partial charge in [-0.3, -0.25) is 9.36 Å². The molecule has 0 saturated carbocycles. The van der Waals surface area contributed by atoms with Crippen molar-refractivity contribution in [1.82, 2.24) is 9.72 Å². The van der Waals surface area contributed by atoms with E-state index in [0.717, 1.165) is 11.4 Å². The Morgan fingerprint density at radius 1 is 1.25 bits per heavy atom. The average Bonchev–Trinajstić information content (AvgIpc) is 3.08. The van der Waals surface area contributed by atoms with Crippen molar-refractivity contribution in [3.05, 3.63) is 59.1 Å². The Kier molecular flexibility index (Phi) is 5.52. The first-order valence-corrected chi connectivity index (χ1v) is 7.56. The summed E-state index contributed by atoms with van der Waals surface area (Å²) in [5.41, 5.74) is 2.08. The van der Waals surface area contributed by atoms with Crippen molar-refractivity contribution in [3.8, 4) is 5.82 Å². The largest absolute Gasteiger partial charge is 0.454 e. The third-order valence-corrected chi connectivity index (χ3v) is 3.46. The van der Waals surface area contributed by atoms with Gasteiger partial charge in [0, 0.05) is 29.1 Å². The number of carbonyl (C=O) groups excluding carboxylic acids is 2. The number of aromatic nitrogens is 2. The van der Waals surface area contributed by atoms with Crippen LogP contribution in [-0.2, 0) is 9.53 Å². The molecule has 0 unspecified atom stereocenters. The fourth-order valence-electron chi connectivity index (χ4n) is 2.36. The van der Waals surface area contributed by atoms with Gasteiger partial charge in [-0.25, -0.2) is 4.79 Å². The first-order valence-electron chi connectivity index (χ1n) is 7.56. The second-order valence-corrected chi connectivity index (χ2v) is 5.33. The monoisotopic (exact) mass is 328 g/mol. The van der Waals surface area contributed by atoms with Gasteiger partial charge in [0.05, 0.1) is 0 Å². The van der Waals surface area contributed by atoms with E-state index in [0.29, 0.717) is 17.1 Å². The van der Waals surface area contributed by atoms with Crippen LogP contribution in [0.15, 0.2) is 41.0 Å². The Morgan fingerprint density at radius 3 is 2.62 bits per heavy atom. The maximum absolute atomic E-state index is 12.3. The molecule has 126 valence electrons. The van der Waals surface area contributed by atoms with E-state index in [1.54, 1.807) is 37.3 Å². The summed E-state index contributed by atoms with van der Waals surface area (Å²) in [6.45, 7) is 7.03. The number of hydrogen-bond donors (Lipinski definition) is 0. The average molecular weight is 328 g/mol. The summed E-state index contributed by atoms with van der Waals surface area (Å²) < 4.78 is 11.9. The number of rotatable bonds is 6. The molecule has 0 bridgehead atoms. The highest BCUT2D eigenvalue weighted by atomic mass is 16.5. The van der Waals surface area contributed by atoms with Gasteiger partial charge < -0.3 is 9.26 Å². The van der Waals surface area contributed by atoms with E-state index in [1.807, 2.05) is 25.3 Å². The lowest BCUT2D eigenvalue weighted by atomic mass is 10.1. The molecule has 6 heteroatoms. The predicted molar refractivity (Wildman–Crippen MR) is 89.3 cm³/mol. The first-order chi connectivity index (χ1) is 11.4. The van der Waals surface area contributed by atoms with Crippen LogP contribution in [0.3, 0.4) is 0 Å². The molecule has 6 nitrogen and oxygen atoms in total. The molecule has 2 aromatic rings. The van der Waals surface area contributed by atoms with Crippen molar-refractivity contribution in [2.75, 3.05) is 6.61 Å². The summed E-state index contributed by atoms with van der Waals surface area (Å²) in [5, 5.41) is 3.97. The van der Waals surface area contributed by atoms with E-state index in [1.165, 1.54) is 6.08 Å². The number of esters is 1. The number of aryl methyl sites for hydroxylation is 2. The van der Waals surface area contributed by atoms with Gasteiger partial charge in [-0.15, -0.1) is 0 Å². The Labute approximate surface area is 140 Å². The second kappa shape index (κ2) is 7.59. The zero-order chi connectivity index (χ0) is 17.7. The van der Waals surface area contributed by atoms with Crippen molar-refractivity contribution >= 4 is 11.8 Å². The fourth-order valence-corrected chi connectivity index (χ4v) is 2.36. The maximum atomic E-state index is 12.3. The Balaban J connectivity index is 2.12. The molecule has 24 heavy (non-hydrogen) atoms. The highest BCUT2D eigenvalue weighted by Crippen LogP contribution is 2.21. The minimum atomic E-state index is -0.553. The lowest BCUT2D eigenvalue weighted by Gasteiger charge is -2.05. The topological polar surface area (TPSA) is 74.3 Å². The number of carbonyl (C=O) groups is 2. The first kappa shape index (κ1) is 17.5. The molecule has 2 heterocycles. The Hall–Kier alpha value is -2.89. The van der Waals surface area contributed by atoms with Crippen molar-refractivity contribution < 1.29 is 18.8 Å². The molecule has 0 aliphatic heterocycles. The van der Waals surface area contributed by atoms with E-state index in [9.17, 15) is 9.59 Å². The number of ketones is 1. The third-order valence-electron chi connectivity index (χ3n) is 3.46. The summed E-state index contributed by atoms with van der Waals surface area (Å²) in [5.74, 6) is 0.491. The molecule has 2 aromatic heterocycles. The van der Waals surface area contributed by atoms with Crippen molar-refractivity contribution in [1.29, 1.82) is 0 Å². The minimum absolute atomic E-state index is 0.262. The molecule has 0 fully saturated rings.